The number of amides is 3. The molecule has 43 heavy (non-hydrogen) atoms. The molecule has 1 aliphatic heterocycles. The first-order valence-electron chi connectivity index (χ1n) is 14.4. The summed E-state index contributed by atoms with van der Waals surface area (Å²) in [5.41, 5.74) is 2.92. The van der Waals surface area contributed by atoms with Crippen LogP contribution < -0.4 is 20.7 Å². The molecule has 1 atom stereocenters. The molecule has 10 nitrogen and oxygen atoms in total. The number of thiophene rings is 1. The van der Waals surface area contributed by atoms with Crippen LogP contribution >= 0.6 is 11.3 Å². The van der Waals surface area contributed by atoms with Gasteiger partial charge in [0.2, 0.25) is 5.91 Å². The van der Waals surface area contributed by atoms with Crippen molar-refractivity contribution >= 4 is 39.2 Å². The Bertz CT molecular complexity index is 1610. The normalized spacial score (nSPS) is 17.0. The van der Waals surface area contributed by atoms with Crippen LogP contribution in [0.25, 0.3) is 20.8 Å². The summed E-state index contributed by atoms with van der Waals surface area (Å²) in [5, 5.41) is 17.2. The fourth-order valence-electron chi connectivity index (χ4n) is 5.14. The summed E-state index contributed by atoms with van der Waals surface area (Å²) in [5.74, 6) is -0.139. The second kappa shape index (κ2) is 13.0. The maximum absolute atomic E-state index is 14.9. The molecule has 1 aliphatic carbocycles. The van der Waals surface area contributed by atoms with Crippen LogP contribution in [0, 0.1) is 11.7 Å². The van der Waals surface area contributed by atoms with E-state index < -0.39 is 5.82 Å². The first-order chi connectivity index (χ1) is 20.9. The topological polar surface area (TPSA) is 129 Å². The zero-order chi connectivity index (χ0) is 29.8. The number of hydrogen-bond acceptors (Lipinski definition) is 8. The number of urea groups is 1. The number of aliphatic hydroxyl groups is 1. The summed E-state index contributed by atoms with van der Waals surface area (Å²) in [6, 6.07) is 11.8. The Morgan fingerprint density at radius 1 is 1.09 bits per heavy atom. The minimum atomic E-state index is -0.589. The van der Waals surface area contributed by atoms with E-state index in [0.717, 1.165) is 58.6 Å². The summed E-state index contributed by atoms with van der Waals surface area (Å²) in [6.45, 7) is 2.53. The second-order valence-corrected chi connectivity index (χ2v) is 11.9. The molecule has 6 rings (SSSR count). The third kappa shape index (κ3) is 7.27. The SMILES string of the molecule is O=C(Nc1ccc(Oc2ccnc3cc(-c4ccc(CN5CCCC(C(=O)NCCO)C5)cn4)sc23)c(F)c1)NC1CC1. The van der Waals surface area contributed by atoms with Crippen LogP contribution in [0.4, 0.5) is 14.9 Å². The molecule has 1 saturated heterocycles. The number of carbonyl (C=O) groups is 2. The largest absolute Gasteiger partial charge is 0.453 e. The van der Waals surface area contributed by atoms with Crippen LogP contribution in [0.2, 0.25) is 0 Å². The molecular formula is C31H33FN6O4S. The molecule has 0 bridgehead atoms. The van der Waals surface area contributed by atoms with Gasteiger partial charge in [-0.2, -0.15) is 0 Å². The Balaban J connectivity index is 1.11. The van der Waals surface area contributed by atoms with Gasteiger partial charge in [0.05, 0.1) is 33.3 Å². The van der Waals surface area contributed by atoms with Crippen LogP contribution in [0.3, 0.4) is 0 Å². The third-order valence-corrected chi connectivity index (χ3v) is 8.63. The fourth-order valence-corrected chi connectivity index (χ4v) is 6.18. The number of aliphatic hydroxyl groups excluding tert-OH is 1. The van der Waals surface area contributed by atoms with Gasteiger partial charge in [-0.05, 0) is 62.1 Å². The summed E-state index contributed by atoms with van der Waals surface area (Å²) in [6.07, 6.45) is 7.22. The van der Waals surface area contributed by atoms with E-state index in [2.05, 4.69) is 25.8 Å². The van der Waals surface area contributed by atoms with Crippen molar-refractivity contribution in [1.82, 2.24) is 25.5 Å². The number of pyridine rings is 2. The van der Waals surface area contributed by atoms with Crippen molar-refractivity contribution in [2.75, 3.05) is 31.6 Å². The van der Waals surface area contributed by atoms with Crippen molar-refractivity contribution in [1.29, 1.82) is 0 Å². The number of nitrogens with zero attached hydrogens (tertiary/aromatic N) is 3. The molecule has 224 valence electrons. The first kappa shape index (κ1) is 29.0. The lowest BCUT2D eigenvalue weighted by Crippen LogP contribution is -2.43. The van der Waals surface area contributed by atoms with Crippen molar-refractivity contribution in [3.8, 4) is 22.1 Å². The molecule has 0 radical (unpaired) electrons. The highest BCUT2D eigenvalue weighted by molar-refractivity contribution is 7.22. The zero-order valence-electron chi connectivity index (χ0n) is 23.5. The van der Waals surface area contributed by atoms with Gasteiger partial charge in [-0.15, -0.1) is 11.3 Å². The van der Waals surface area contributed by atoms with Crippen LogP contribution in [0.15, 0.2) is 54.9 Å². The lowest BCUT2D eigenvalue weighted by molar-refractivity contribution is -0.126. The number of likely N-dealkylation sites (tertiary alicyclic amines) is 1. The van der Waals surface area contributed by atoms with E-state index in [0.29, 0.717) is 24.5 Å². The third-order valence-electron chi connectivity index (χ3n) is 7.47. The average molecular weight is 605 g/mol. The standard InChI is InChI=1S/C31H33FN6O4S/c32-23-14-22(37-31(41)36-21-4-5-21)6-8-26(23)42-27-9-10-33-25-15-28(43-29(25)27)24-7-3-19(16-35-24)17-38-12-1-2-20(18-38)30(40)34-11-13-39/h3,6-10,14-16,20-21,39H,1-2,4-5,11-13,17-18H2,(H,34,40)(H2,36,37,41). The molecule has 4 N–H and O–H groups in total. The van der Waals surface area contributed by atoms with E-state index in [1.807, 2.05) is 24.4 Å². The van der Waals surface area contributed by atoms with Crippen molar-refractivity contribution in [2.24, 2.45) is 5.92 Å². The Morgan fingerprint density at radius 2 is 1.98 bits per heavy atom. The van der Waals surface area contributed by atoms with Crippen LogP contribution in [-0.4, -0.2) is 64.2 Å². The van der Waals surface area contributed by atoms with E-state index >= 15 is 0 Å². The monoisotopic (exact) mass is 604 g/mol. The van der Waals surface area contributed by atoms with Gasteiger partial charge in [-0.25, -0.2) is 9.18 Å². The molecule has 1 saturated carbocycles. The summed E-state index contributed by atoms with van der Waals surface area (Å²) in [4.78, 5) is 36.7. The highest BCUT2D eigenvalue weighted by Crippen LogP contribution is 2.39. The van der Waals surface area contributed by atoms with Crippen molar-refractivity contribution in [3.63, 3.8) is 0 Å². The number of carbonyl (C=O) groups excluding carboxylic acids is 2. The van der Waals surface area contributed by atoms with E-state index in [4.69, 9.17) is 14.8 Å². The number of halogens is 1. The van der Waals surface area contributed by atoms with Crippen LogP contribution in [-0.2, 0) is 11.3 Å². The number of piperidine rings is 1. The summed E-state index contributed by atoms with van der Waals surface area (Å²) >= 11 is 1.47. The van der Waals surface area contributed by atoms with Gasteiger partial charge in [0.1, 0.15) is 5.75 Å². The predicted octanol–water partition coefficient (Wildman–Crippen LogP) is 4.89. The van der Waals surface area contributed by atoms with Gasteiger partial charge >= 0.3 is 6.03 Å². The molecule has 1 aromatic carbocycles. The predicted molar refractivity (Wildman–Crippen MR) is 163 cm³/mol. The fraction of sp³-hybridized carbons (Fsp3) is 0.355. The average Bonchev–Trinajstić information content (AvgIpc) is 3.71. The van der Waals surface area contributed by atoms with Crippen molar-refractivity contribution in [2.45, 2.75) is 38.3 Å². The minimum absolute atomic E-state index is 0.00103. The molecule has 2 fully saturated rings. The van der Waals surface area contributed by atoms with Gasteiger partial charge in [0.25, 0.3) is 0 Å². The number of benzene rings is 1. The number of aromatic nitrogens is 2. The number of hydrogen-bond donors (Lipinski definition) is 4. The maximum atomic E-state index is 14.9. The lowest BCUT2D eigenvalue weighted by Gasteiger charge is -2.31. The zero-order valence-corrected chi connectivity index (χ0v) is 24.3. The van der Waals surface area contributed by atoms with Crippen molar-refractivity contribution in [3.05, 3.63) is 66.2 Å². The molecule has 4 aromatic rings. The molecule has 3 amide bonds. The molecule has 0 spiro atoms. The number of anilines is 1. The highest BCUT2D eigenvalue weighted by atomic mass is 32.1. The van der Waals surface area contributed by atoms with E-state index in [1.165, 1.54) is 23.5 Å². The smallest absolute Gasteiger partial charge is 0.319 e. The Hall–Kier alpha value is -4.13. The first-order valence-corrected chi connectivity index (χ1v) is 15.3. The summed E-state index contributed by atoms with van der Waals surface area (Å²) in [7, 11) is 0. The Morgan fingerprint density at radius 3 is 2.74 bits per heavy atom. The van der Waals surface area contributed by atoms with Gasteiger partial charge in [-0.3, -0.25) is 19.7 Å². The van der Waals surface area contributed by atoms with Gasteiger partial charge in [0.15, 0.2) is 11.6 Å². The van der Waals surface area contributed by atoms with Crippen LogP contribution in [0.1, 0.15) is 31.2 Å². The van der Waals surface area contributed by atoms with Gasteiger partial charge < -0.3 is 25.8 Å². The van der Waals surface area contributed by atoms with E-state index in [1.54, 1.807) is 18.3 Å². The molecule has 1 unspecified atom stereocenters. The molecule has 12 heteroatoms. The van der Waals surface area contributed by atoms with Crippen LogP contribution in [0.5, 0.6) is 11.5 Å². The Kier molecular flexibility index (Phi) is 8.77. The number of nitrogens with one attached hydrogen (secondary N) is 3. The van der Waals surface area contributed by atoms with E-state index in [9.17, 15) is 14.0 Å². The molecule has 4 heterocycles. The second-order valence-electron chi connectivity index (χ2n) is 10.9. The molecule has 3 aromatic heterocycles. The van der Waals surface area contributed by atoms with Gasteiger partial charge in [0, 0.05) is 55.9 Å². The van der Waals surface area contributed by atoms with E-state index in [-0.39, 0.29) is 42.8 Å². The maximum Gasteiger partial charge on any atom is 0.319 e. The number of rotatable bonds is 10. The minimum Gasteiger partial charge on any atom is -0.453 e. The number of ether oxygens (including phenoxy) is 1. The summed E-state index contributed by atoms with van der Waals surface area (Å²) < 4.78 is 21.6. The van der Waals surface area contributed by atoms with Crippen molar-refractivity contribution < 1.29 is 23.8 Å². The number of fused-ring (bicyclic) bond motifs is 1. The van der Waals surface area contributed by atoms with Gasteiger partial charge in [-0.1, -0.05) is 6.07 Å². The lowest BCUT2D eigenvalue weighted by atomic mass is 9.97. The highest BCUT2D eigenvalue weighted by Gasteiger charge is 2.26. The quantitative estimate of drug-likeness (QED) is 0.203. The molecular weight excluding hydrogens is 571 g/mol. The Labute approximate surface area is 252 Å². The molecule has 2 aliphatic rings.